The summed E-state index contributed by atoms with van der Waals surface area (Å²) in [5.74, 6) is 0.108. The summed E-state index contributed by atoms with van der Waals surface area (Å²) >= 11 is 0. The van der Waals surface area contributed by atoms with Crippen LogP contribution >= 0.6 is 0 Å². The molecule has 1 saturated heterocycles. The van der Waals surface area contributed by atoms with Crippen molar-refractivity contribution in [1.82, 2.24) is 9.88 Å². The van der Waals surface area contributed by atoms with Gasteiger partial charge in [0.2, 0.25) is 5.91 Å². The van der Waals surface area contributed by atoms with E-state index >= 15 is 0 Å². The van der Waals surface area contributed by atoms with Crippen LogP contribution in [-0.4, -0.2) is 35.4 Å². The average molecular weight is 351 g/mol. The summed E-state index contributed by atoms with van der Waals surface area (Å²) in [6.07, 6.45) is 11.6. The number of benzene rings is 1. The highest BCUT2D eigenvalue weighted by atomic mass is 16.1. The Bertz CT molecular complexity index is 664. The third kappa shape index (κ3) is 5.95. The van der Waals surface area contributed by atoms with Gasteiger partial charge in [0.15, 0.2) is 0 Å². The number of pyridine rings is 1. The molecule has 1 amide bonds. The van der Waals surface area contributed by atoms with Crippen LogP contribution in [0.15, 0.2) is 48.8 Å². The highest BCUT2D eigenvalue weighted by molar-refractivity contribution is 5.90. The van der Waals surface area contributed by atoms with Crippen LogP contribution in [0.25, 0.3) is 11.1 Å². The fraction of sp³-hybridized carbons (Fsp3) is 0.455. The summed E-state index contributed by atoms with van der Waals surface area (Å²) in [6.45, 7) is 3.71. The van der Waals surface area contributed by atoms with E-state index in [0.717, 1.165) is 29.7 Å². The molecule has 0 unspecified atom stereocenters. The molecule has 4 nitrogen and oxygen atoms in total. The molecule has 0 aliphatic carbocycles. The maximum absolute atomic E-state index is 12.1. The van der Waals surface area contributed by atoms with Crippen molar-refractivity contribution in [2.45, 2.75) is 44.9 Å². The second-order valence-corrected chi connectivity index (χ2v) is 7.08. The highest BCUT2D eigenvalue weighted by Crippen LogP contribution is 2.20. The first-order valence-corrected chi connectivity index (χ1v) is 9.84. The molecule has 2 aromatic rings. The molecule has 1 fully saturated rings. The number of nitrogens with zero attached hydrogens (tertiary/aromatic N) is 2. The van der Waals surface area contributed by atoms with E-state index in [1.165, 1.54) is 45.3 Å². The Morgan fingerprint density at radius 3 is 2.50 bits per heavy atom. The number of rotatable bonds is 8. The van der Waals surface area contributed by atoms with Gasteiger partial charge in [-0.2, -0.15) is 0 Å². The van der Waals surface area contributed by atoms with Gasteiger partial charge in [-0.3, -0.25) is 9.78 Å². The molecule has 1 N–H and O–H groups in total. The Balaban J connectivity index is 1.34. The van der Waals surface area contributed by atoms with E-state index in [4.69, 9.17) is 0 Å². The van der Waals surface area contributed by atoms with Crippen molar-refractivity contribution in [3.63, 3.8) is 0 Å². The van der Waals surface area contributed by atoms with E-state index in [9.17, 15) is 4.79 Å². The SMILES string of the molecule is O=C(CCCCCN1CCCCC1)Nc1ccc(-c2cccnc2)cc1. The van der Waals surface area contributed by atoms with Gasteiger partial charge in [-0.15, -0.1) is 0 Å². The van der Waals surface area contributed by atoms with Crippen LogP contribution < -0.4 is 5.32 Å². The molecule has 2 heterocycles. The molecule has 0 saturated carbocycles. The summed E-state index contributed by atoms with van der Waals surface area (Å²) in [5.41, 5.74) is 3.05. The highest BCUT2D eigenvalue weighted by Gasteiger charge is 2.09. The minimum atomic E-state index is 0.108. The number of carbonyl (C=O) groups excluding carboxylic acids is 1. The maximum atomic E-state index is 12.1. The lowest BCUT2D eigenvalue weighted by Crippen LogP contribution is -2.30. The number of likely N-dealkylation sites (tertiary alicyclic amines) is 1. The zero-order valence-corrected chi connectivity index (χ0v) is 15.5. The van der Waals surface area contributed by atoms with Crippen molar-refractivity contribution in [3.8, 4) is 11.1 Å². The molecule has 138 valence electrons. The quantitative estimate of drug-likeness (QED) is 0.699. The van der Waals surface area contributed by atoms with Crippen molar-refractivity contribution < 1.29 is 4.79 Å². The van der Waals surface area contributed by atoms with E-state index in [2.05, 4.69) is 15.2 Å². The topological polar surface area (TPSA) is 45.2 Å². The van der Waals surface area contributed by atoms with Crippen LogP contribution in [-0.2, 0) is 4.79 Å². The van der Waals surface area contributed by atoms with Crippen LogP contribution in [0.3, 0.4) is 0 Å². The van der Waals surface area contributed by atoms with E-state index in [0.29, 0.717) is 6.42 Å². The summed E-state index contributed by atoms with van der Waals surface area (Å²) < 4.78 is 0. The molecule has 0 radical (unpaired) electrons. The third-order valence-corrected chi connectivity index (χ3v) is 4.99. The number of unbranched alkanes of at least 4 members (excludes halogenated alkanes) is 2. The summed E-state index contributed by atoms with van der Waals surface area (Å²) in [7, 11) is 0. The van der Waals surface area contributed by atoms with Crippen molar-refractivity contribution in [1.29, 1.82) is 0 Å². The Morgan fingerprint density at radius 2 is 1.77 bits per heavy atom. The van der Waals surface area contributed by atoms with Gasteiger partial charge in [0.05, 0.1) is 0 Å². The molecule has 0 atom stereocenters. The Kier molecular flexibility index (Phi) is 7.20. The molecule has 26 heavy (non-hydrogen) atoms. The predicted octanol–water partition coefficient (Wildman–Crippen LogP) is 4.73. The standard InChI is InChI=1S/C22H29N3O/c26-22(9-3-1-4-15-25-16-5-2-6-17-25)24-21-12-10-19(11-13-21)20-8-7-14-23-18-20/h7-8,10-14,18H,1-6,9,15-17H2,(H,24,26). The zero-order valence-electron chi connectivity index (χ0n) is 15.5. The van der Waals surface area contributed by atoms with Gasteiger partial charge in [-0.25, -0.2) is 0 Å². The van der Waals surface area contributed by atoms with Crippen LogP contribution in [0, 0.1) is 0 Å². The van der Waals surface area contributed by atoms with E-state index < -0.39 is 0 Å². The van der Waals surface area contributed by atoms with Crippen LogP contribution in [0.1, 0.15) is 44.9 Å². The van der Waals surface area contributed by atoms with E-state index in [1.54, 1.807) is 6.20 Å². The lowest BCUT2D eigenvalue weighted by molar-refractivity contribution is -0.116. The Morgan fingerprint density at radius 1 is 0.962 bits per heavy atom. The zero-order chi connectivity index (χ0) is 18.0. The van der Waals surface area contributed by atoms with Crippen molar-refractivity contribution in [3.05, 3.63) is 48.8 Å². The summed E-state index contributed by atoms with van der Waals surface area (Å²) in [4.78, 5) is 18.8. The first-order valence-electron chi connectivity index (χ1n) is 9.84. The van der Waals surface area contributed by atoms with Crippen LogP contribution in [0.5, 0.6) is 0 Å². The smallest absolute Gasteiger partial charge is 0.224 e. The van der Waals surface area contributed by atoms with Crippen molar-refractivity contribution in [2.24, 2.45) is 0 Å². The van der Waals surface area contributed by atoms with Crippen LogP contribution in [0.2, 0.25) is 0 Å². The fourth-order valence-corrected chi connectivity index (χ4v) is 3.48. The minimum absolute atomic E-state index is 0.108. The largest absolute Gasteiger partial charge is 0.326 e. The Hall–Kier alpha value is -2.20. The summed E-state index contributed by atoms with van der Waals surface area (Å²) in [5, 5.41) is 3.00. The molecule has 0 spiro atoms. The molecule has 1 aromatic heterocycles. The molecule has 4 heteroatoms. The number of carbonyl (C=O) groups is 1. The van der Waals surface area contributed by atoms with E-state index in [1.807, 2.05) is 42.6 Å². The maximum Gasteiger partial charge on any atom is 0.224 e. The fourth-order valence-electron chi connectivity index (χ4n) is 3.48. The number of aromatic nitrogens is 1. The minimum Gasteiger partial charge on any atom is -0.326 e. The lowest BCUT2D eigenvalue weighted by Gasteiger charge is -2.26. The number of amides is 1. The second-order valence-electron chi connectivity index (χ2n) is 7.08. The molecular formula is C22H29N3O. The number of nitrogens with one attached hydrogen (secondary N) is 1. The number of hydrogen-bond donors (Lipinski definition) is 1. The molecule has 1 aliphatic heterocycles. The monoisotopic (exact) mass is 351 g/mol. The molecule has 0 bridgehead atoms. The lowest BCUT2D eigenvalue weighted by atomic mass is 10.1. The molecular weight excluding hydrogens is 322 g/mol. The summed E-state index contributed by atoms with van der Waals surface area (Å²) in [6, 6.07) is 11.9. The van der Waals surface area contributed by atoms with Gasteiger partial charge >= 0.3 is 0 Å². The average Bonchev–Trinajstić information content (AvgIpc) is 2.70. The predicted molar refractivity (Wildman–Crippen MR) is 107 cm³/mol. The van der Waals surface area contributed by atoms with Gasteiger partial charge in [0.1, 0.15) is 0 Å². The number of piperidine rings is 1. The molecule has 1 aromatic carbocycles. The molecule has 3 rings (SSSR count). The normalized spacial score (nSPS) is 14.9. The van der Waals surface area contributed by atoms with Gasteiger partial charge in [0, 0.05) is 24.5 Å². The Labute approximate surface area is 156 Å². The second kappa shape index (κ2) is 10.1. The van der Waals surface area contributed by atoms with E-state index in [-0.39, 0.29) is 5.91 Å². The third-order valence-electron chi connectivity index (χ3n) is 4.99. The van der Waals surface area contributed by atoms with Gasteiger partial charge < -0.3 is 10.2 Å². The first-order chi connectivity index (χ1) is 12.8. The van der Waals surface area contributed by atoms with Crippen molar-refractivity contribution in [2.75, 3.05) is 25.0 Å². The number of hydrogen-bond acceptors (Lipinski definition) is 3. The first kappa shape index (κ1) is 18.6. The molecule has 1 aliphatic rings. The van der Waals surface area contributed by atoms with Gasteiger partial charge in [-0.1, -0.05) is 31.0 Å². The van der Waals surface area contributed by atoms with Gasteiger partial charge in [0.25, 0.3) is 0 Å². The number of anilines is 1. The van der Waals surface area contributed by atoms with Crippen molar-refractivity contribution >= 4 is 11.6 Å². The van der Waals surface area contributed by atoms with Gasteiger partial charge in [-0.05, 0) is 74.6 Å². The van der Waals surface area contributed by atoms with Crippen LogP contribution in [0.4, 0.5) is 5.69 Å².